The van der Waals surface area contributed by atoms with E-state index in [1.165, 1.54) is 6.92 Å². The Morgan fingerprint density at radius 3 is 2.37 bits per heavy atom. The number of hydrogen-bond donors (Lipinski definition) is 0. The fourth-order valence-electron chi connectivity index (χ4n) is 5.24. The van der Waals surface area contributed by atoms with Gasteiger partial charge in [0.25, 0.3) is 0 Å². The van der Waals surface area contributed by atoms with E-state index in [1.807, 2.05) is 54.6 Å². The molecule has 1 amide bonds. The summed E-state index contributed by atoms with van der Waals surface area (Å²) in [6.45, 7) is 1.94. The first-order chi connectivity index (χ1) is 18.0. The predicted molar refractivity (Wildman–Crippen MR) is 132 cm³/mol. The molecule has 2 aliphatic rings. The smallest absolute Gasteiger partial charge is 0.450 e. The Labute approximate surface area is 218 Å². The molecule has 5 rings (SSSR count). The Bertz CT molecular complexity index is 1420. The van der Waals surface area contributed by atoms with E-state index in [0.29, 0.717) is 43.9 Å². The highest BCUT2D eigenvalue weighted by Crippen LogP contribution is 2.44. The number of likely N-dealkylation sites (tertiary alicyclic amines) is 1. The number of halogens is 3. The second-order valence-corrected chi connectivity index (χ2v) is 11.7. The summed E-state index contributed by atoms with van der Waals surface area (Å²) in [4.78, 5) is 14.3. The summed E-state index contributed by atoms with van der Waals surface area (Å²) in [5.74, 6) is -0.493. The summed E-state index contributed by atoms with van der Waals surface area (Å²) in [6, 6.07) is 17.6. The number of aryl methyl sites for hydroxylation is 1. The zero-order valence-electron chi connectivity index (χ0n) is 20.7. The number of piperidine rings is 1. The van der Waals surface area contributed by atoms with Crippen molar-refractivity contribution in [3.63, 3.8) is 0 Å². The summed E-state index contributed by atoms with van der Waals surface area (Å²) in [7, 11) is -4.51. The number of sulfonamides is 1. The molecule has 0 radical (unpaired) electrons. The molecule has 0 saturated carbocycles. The summed E-state index contributed by atoms with van der Waals surface area (Å²) >= 11 is 0. The lowest BCUT2D eigenvalue weighted by atomic mass is 9.79. The van der Waals surface area contributed by atoms with Gasteiger partial charge in [0, 0.05) is 32.2 Å². The average molecular weight is 549 g/mol. The third kappa shape index (κ3) is 5.04. The number of carbonyl (C=O) groups excluding carboxylic acids is 1. The molecule has 1 unspecified atom stereocenters. The zero-order valence-corrected chi connectivity index (χ0v) is 21.5. The summed E-state index contributed by atoms with van der Waals surface area (Å²) in [5.41, 5.74) is -0.0708. The van der Waals surface area contributed by atoms with Crippen LogP contribution in [0.15, 0.2) is 70.0 Å². The number of rotatable bonds is 6. The average Bonchev–Trinajstić information content (AvgIpc) is 3.43. The van der Waals surface area contributed by atoms with Gasteiger partial charge >= 0.3 is 6.18 Å². The van der Waals surface area contributed by atoms with Gasteiger partial charge in [-0.05, 0) is 56.0 Å². The summed E-state index contributed by atoms with van der Waals surface area (Å²) in [6.07, 6.45) is -3.66. The van der Waals surface area contributed by atoms with Crippen LogP contribution in [0.5, 0.6) is 11.5 Å². The van der Waals surface area contributed by atoms with Crippen molar-refractivity contribution in [3.8, 4) is 11.5 Å². The van der Waals surface area contributed by atoms with Crippen LogP contribution in [0.3, 0.4) is 0 Å². The monoisotopic (exact) mass is 548 g/mol. The van der Waals surface area contributed by atoms with E-state index in [0.717, 1.165) is 15.9 Å². The van der Waals surface area contributed by atoms with Gasteiger partial charge in [-0.15, -0.1) is 0 Å². The highest BCUT2D eigenvalue weighted by Gasteiger charge is 2.52. The molecular weight excluding hydrogens is 521 g/mol. The van der Waals surface area contributed by atoms with Gasteiger partial charge in [0.05, 0.1) is 5.41 Å². The Balaban J connectivity index is 1.29. The molecule has 11 heteroatoms. The number of benzene rings is 2. The van der Waals surface area contributed by atoms with Crippen LogP contribution < -0.4 is 4.74 Å². The Morgan fingerprint density at radius 1 is 1.00 bits per heavy atom. The van der Waals surface area contributed by atoms with Crippen molar-refractivity contribution >= 4 is 15.9 Å². The van der Waals surface area contributed by atoms with E-state index < -0.39 is 32.3 Å². The Morgan fingerprint density at radius 2 is 1.68 bits per heavy atom. The van der Waals surface area contributed by atoms with Gasteiger partial charge in [-0.25, -0.2) is 8.42 Å². The first-order valence-corrected chi connectivity index (χ1v) is 13.7. The molecule has 38 heavy (non-hydrogen) atoms. The number of para-hydroxylation sites is 1. The van der Waals surface area contributed by atoms with Crippen LogP contribution >= 0.6 is 0 Å². The van der Waals surface area contributed by atoms with E-state index >= 15 is 0 Å². The van der Waals surface area contributed by atoms with Crippen LogP contribution in [0.1, 0.15) is 36.3 Å². The van der Waals surface area contributed by atoms with E-state index in [-0.39, 0.29) is 24.8 Å². The van der Waals surface area contributed by atoms with Crippen molar-refractivity contribution in [2.75, 3.05) is 19.6 Å². The maximum atomic E-state index is 13.5. The van der Waals surface area contributed by atoms with E-state index in [1.54, 1.807) is 4.90 Å². The molecule has 3 heterocycles. The summed E-state index contributed by atoms with van der Waals surface area (Å²) < 4.78 is 78.5. The van der Waals surface area contributed by atoms with Crippen molar-refractivity contribution in [1.82, 2.24) is 9.21 Å². The second kappa shape index (κ2) is 9.77. The molecule has 2 saturated heterocycles. The van der Waals surface area contributed by atoms with Crippen molar-refractivity contribution in [2.24, 2.45) is 5.41 Å². The fraction of sp³-hybridized carbons (Fsp3) is 0.370. The third-order valence-electron chi connectivity index (χ3n) is 7.12. The van der Waals surface area contributed by atoms with Gasteiger partial charge in [-0.2, -0.15) is 17.5 Å². The number of carbonyl (C=O) groups is 1. The predicted octanol–water partition coefficient (Wildman–Crippen LogP) is 5.60. The van der Waals surface area contributed by atoms with Gasteiger partial charge in [0.15, 0.2) is 0 Å². The van der Waals surface area contributed by atoms with Crippen LogP contribution in [0.25, 0.3) is 0 Å². The number of furan rings is 1. The molecular formula is C27H27F3N2O5S. The molecule has 0 N–H and O–H groups in total. The van der Waals surface area contributed by atoms with E-state index in [2.05, 4.69) is 0 Å². The van der Waals surface area contributed by atoms with Crippen LogP contribution in [0.2, 0.25) is 0 Å². The molecule has 7 nitrogen and oxygen atoms in total. The number of hydrogen-bond acceptors (Lipinski definition) is 5. The first-order valence-electron chi connectivity index (χ1n) is 12.3. The first kappa shape index (κ1) is 26.3. The maximum absolute atomic E-state index is 13.5. The van der Waals surface area contributed by atoms with Gasteiger partial charge < -0.3 is 14.1 Å². The number of alkyl halides is 3. The van der Waals surface area contributed by atoms with E-state index in [4.69, 9.17) is 9.15 Å². The molecule has 2 fully saturated rings. The third-order valence-corrected chi connectivity index (χ3v) is 8.97. The minimum Gasteiger partial charge on any atom is -0.457 e. The highest BCUT2D eigenvalue weighted by molar-refractivity contribution is 7.89. The second-order valence-electron chi connectivity index (χ2n) is 9.81. The topological polar surface area (TPSA) is 80.1 Å². The molecule has 2 aliphatic heterocycles. The molecule has 0 aliphatic carbocycles. The molecule has 1 atom stereocenters. The van der Waals surface area contributed by atoms with Crippen molar-refractivity contribution in [2.45, 2.75) is 43.8 Å². The largest absolute Gasteiger partial charge is 0.457 e. The SMILES string of the molecule is Cc1cc(S(=O)(=O)N2CCCC3(CCN(Cc4ccc(Oc5ccccc5)cc4)C3=O)C2)c(C(F)(F)F)o1. The van der Waals surface area contributed by atoms with Gasteiger partial charge in [0.1, 0.15) is 22.2 Å². The zero-order chi connectivity index (χ0) is 27.1. The molecule has 202 valence electrons. The normalized spacial score (nSPS) is 20.8. The van der Waals surface area contributed by atoms with Crippen LogP contribution in [-0.2, 0) is 27.5 Å². The molecule has 3 aromatic rings. The van der Waals surface area contributed by atoms with Crippen molar-refractivity contribution in [3.05, 3.63) is 77.7 Å². The quantitative estimate of drug-likeness (QED) is 0.401. The van der Waals surface area contributed by atoms with Gasteiger partial charge in [-0.1, -0.05) is 30.3 Å². The standard InChI is InChI=1S/C27H27F3N2O5S/c1-19-16-23(24(36-19)27(28,29)30)38(34,35)32-14-5-12-26(18-32)13-15-31(25(26)33)17-20-8-10-22(11-9-20)37-21-6-3-2-4-7-21/h2-4,6-11,16H,5,12-15,17-18H2,1H3. The highest BCUT2D eigenvalue weighted by atomic mass is 32.2. The Hall–Kier alpha value is -3.31. The van der Waals surface area contributed by atoms with Gasteiger partial charge in [-0.3, -0.25) is 4.79 Å². The summed E-state index contributed by atoms with van der Waals surface area (Å²) in [5, 5.41) is 0. The van der Waals surface area contributed by atoms with Crippen molar-refractivity contribution < 1.29 is 35.5 Å². The molecule has 2 aromatic carbocycles. The van der Waals surface area contributed by atoms with Crippen LogP contribution in [0, 0.1) is 12.3 Å². The van der Waals surface area contributed by atoms with E-state index in [9.17, 15) is 26.4 Å². The van der Waals surface area contributed by atoms with Crippen LogP contribution in [0.4, 0.5) is 13.2 Å². The number of ether oxygens (including phenoxy) is 1. The number of nitrogens with zero attached hydrogens (tertiary/aromatic N) is 2. The number of amides is 1. The maximum Gasteiger partial charge on any atom is 0.450 e. The molecule has 0 bridgehead atoms. The minimum absolute atomic E-state index is 0.0434. The lowest BCUT2D eigenvalue weighted by Crippen LogP contribution is -2.49. The fourth-order valence-corrected chi connectivity index (χ4v) is 7.02. The van der Waals surface area contributed by atoms with Crippen molar-refractivity contribution in [1.29, 1.82) is 0 Å². The Kier molecular flexibility index (Phi) is 6.77. The van der Waals surface area contributed by atoms with Crippen LogP contribution in [-0.4, -0.2) is 43.2 Å². The minimum atomic E-state index is -4.95. The molecule has 1 aromatic heterocycles. The van der Waals surface area contributed by atoms with Gasteiger partial charge in [0.2, 0.25) is 21.7 Å². The lowest BCUT2D eigenvalue weighted by molar-refractivity contribution is -0.156. The molecule has 1 spiro atoms. The lowest BCUT2D eigenvalue weighted by Gasteiger charge is -2.38.